The smallest absolute Gasteiger partial charge is 0.224 e. The van der Waals surface area contributed by atoms with Crippen molar-refractivity contribution in [2.75, 3.05) is 26.2 Å². The Bertz CT molecular complexity index is 492. The minimum absolute atomic E-state index is 0. The van der Waals surface area contributed by atoms with E-state index in [-0.39, 0.29) is 42.1 Å². The fourth-order valence-electron chi connectivity index (χ4n) is 1.91. The van der Waals surface area contributed by atoms with Crippen LogP contribution in [0.15, 0.2) is 29.3 Å². The summed E-state index contributed by atoms with van der Waals surface area (Å²) in [5, 5.41) is 2.74. The number of hydrogen-bond donors (Lipinski definition) is 2. The number of nitrogens with one attached hydrogen (secondary N) is 1. The molecule has 0 saturated carbocycles. The molecule has 0 radical (unpaired) electrons. The van der Waals surface area contributed by atoms with Crippen molar-refractivity contribution < 1.29 is 9.18 Å². The van der Waals surface area contributed by atoms with E-state index in [4.69, 9.17) is 5.73 Å². The van der Waals surface area contributed by atoms with Crippen molar-refractivity contribution in [3.63, 3.8) is 0 Å². The monoisotopic (exact) mass is 422 g/mol. The van der Waals surface area contributed by atoms with Crippen LogP contribution in [0.2, 0.25) is 0 Å². The summed E-state index contributed by atoms with van der Waals surface area (Å²) in [6, 6.07) is 6.02. The van der Waals surface area contributed by atoms with Crippen LogP contribution in [0.25, 0.3) is 0 Å². The lowest BCUT2D eigenvalue weighted by Gasteiger charge is -2.19. The minimum atomic E-state index is -0.336. The molecule has 0 atom stereocenters. The number of guanidine groups is 1. The van der Waals surface area contributed by atoms with Crippen LogP contribution in [-0.2, 0) is 11.2 Å². The van der Waals surface area contributed by atoms with Crippen molar-refractivity contribution in [1.29, 1.82) is 0 Å². The third-order valence-electron chi connectivity index (χ3n) is 3.05. The van der Waals surface area contributed by atoms with E-state index in [1.165, 1.54) is 12.1 Å². The molecule has 0 unspecified atom stereocenters. The van der Waals surface area contributed by atoms with Gasteiger partial charge in [0.15, 0.2) is 5.96 Å². The molecular weight excluding hydrogens is 398 g/mol. The van der Waals surface area contributed by atoms with Gasteiger partial charge in [-0.3, -0.25) is 9.79 Å². The fourth-order valence-corrected chi connectivity index (χ4v) is 1.91. The maximum atomic E-state index is 13.0. The van der Waals surface area contributed by atoms with Gasteiger partial charge in [0.1, 0.15) is 5.82 Å². The molecule has 22 heavy (non-hydrogen) atoms. The molecule has 0 bridgehead atoms. The van der Waals surface area contributed by atoms with Crippen molar-refractivity contribution in [3.05, 3.63) is 35.6 Å². The first-order valence-corrected chi connectivity index (χ1v) is 7.12. The summed E-state index contributed by atoms with van der Waals surface area (Å²) in [6.07, 6.45) is 0.160. The highest BCUT2D eigenvalue weighted by Gasteiger charge is 2.04. The summed E-state index contributed by atoms with van der Waals surface area (Å²) >= 11 is 0. The zero-order valence-corrected chi connectivity index (χ0v) is 15.3. The highest BCUT2D eigenvalue weighted by Crippen LogP contribution is 2.03. The standard InChI is InChI=1S/C15H23FN4O.HI/c1-3-20(4-2)15(17)19-9-8-18-14(21)11-12-6-5-7-13(16)10-12;/h5-7,10H,3-4,8-9,11H2,1-2H3,(H2,17,19)(H,18,21);1H. The SMILES string of the molecule is CCN(CC)C(N)=NCCNC(=O)Cc1cccc(F)c1.I. The lowest BCUT2D eigenvalue weighted by Crippen LogP contribution is -2.37. The molecule has 0 aliphatic rings. The highest BCUT2D eigenvalue weighted by molar-refractivity contribution is 14.0. The van der Waals surface area contributed by atoms with Gasteiger partial charge < -0.3 is 16.0 Å². The van der Waals surface area contributed by atoms with Gasteiger partial charge in [0.05, 0.1) is 13.0 Å². The van der Waals surface area contributed by atoms with E-state index < -0.39 is 0 Å². The van der Waals surface area contributed by atoms with E-state index in [9.17, 15) is 9.18 Å². The van der Waals surface area contributed by atoms with E-state index >= 15 is 0 Å². The van der Waals surface area contributed by atoms with Gasteiger partial charge in [-0.1, -0.05) is 12.1 Å². The third kappa shape index (κ3) is 7.58. The van der Waals surface area contributed by atoms with Gasteiger partial charge >= 0.3 is 0 Å². The van der Waals surface area contributed by atoms with Crippen molar-refractivity contribution in [2.24, 2.45) is 10.7 Å². The molecule has 0 heterocycles. The zero-order chi connectivity index (χ0) is 15.7. The third-order valence-corrected chi connectivity index (χ3v) is 3.05. The number of hydrogen-bond acceptors (Lipinski definition) is 2. The number of rotatable bonds is 7. The number of amides is 1. The van der Waals surface area contributed by atoms with Gasteiger partial charge in [0, 0.05) is 19.6 Å². The molecule has 1 aromatic rings. The molecule has 1 amide bonds. The first-order chi connectivity index (χ1) is 10.1. The number of nitrogens with two attached hydrogens (primary N) is 1. The predicted molar refractivity (Wildman–Crippen MR) is 97.9 cm³/mol. The van der Waals surface area contributed by atoms with Crippen LogP contribution in [0.3, 0.4) is 0 Å². The normalized spacial score (nSPS) is 10.8. The molecule has 1 aromatic carbocycles. The molecule has 0 aliphatic heterocycles. The summed E-state index contributed by atoms with van der Waals surface area (Å²) in [5.74, 6) is -0.00603. The number of carbonyl (C=O) groups excluding carboxylic acids is 1. The number of halogens is 2. The van der Waals surface area contributed by atoms with Crippen LogP contribution in [0.4, 0.5) is 4.39 Å². The molecule has 3 N–H and O–H groups in total. The topological polar surface area (TPSA) is 70.7 Å². The van der Waals surface area contributed by atoms with E-state index in [1.807, 2.05) is 18.7 Å². The molecule has 0 fully saturated rings. The average molecular weight is 422 g/mol. The molecule has 0 aliphatic carbocycles. The number of nitrogens with zero attached hydrogens (tertiary/aromatic N) is 2. The number of benzene rings is 1. The molecule has 0 saturated heterocycles. The second-order valence-electron chi connectivity index (χ2n) is 4.57. The number of aliphatic imine (C=N–C) groups is 1. The van der Waals surface area contributed by atoms with Crippen molar-refractivity contribution in [2.45, 2.75) is 20.3 Å². The zero-order valence-electron chi connectivity index (χ0n) is 13.0. The van der Waals surface area contributed by atoms with Gasteiger partial charge in [0.2, 0.25) is 5.91 Å². The summed E-state index contributed by atoms with van der Waals surface area (Å²) in [7, 11) is 0. The van der Waals surface area contributed by atoms with Gasteiger partial charge in [-0.25, -0.2) is 4.39 Å². The fraction of sp³-hybridized carbons (Fsp3) is 0.467. The van der Waals surface area contributed by atoms with Crippen LogP contribution in [-0.4, -0.2) is 42.9 Å². The van der Waals surface area contributed by atoms with Crippen molar-refractivity contribution in [1.82, 2.24) is 10.2 Å². The summed E-state index contributed by atoms with van der Waals surface area (Å²) in [6.45, 7) is 6.46. The summed E-state index contributed by atoms with van der Waals surface area (Å²) in [5.41, 5.74) is 6.47. The minimum Gasteiger partial charge on any atom is -0.370 e. The molecule has 124 valence electrons. The summed E-state index contributed by atoms with van der Waals surface area (Å²) < 4.78 is 13.0. The van der Waals surface area contributed by atoms with Crippen LogP contribution in [0.5, 0.6) is 0 Å². The average Bonchev–Trinajstić information content (AvgIpc) is 2.45. The molecule has 0 spiro atoms. The van der Waals surface area contributed by atoms with Gasteiger partial charge in [-0.05, 0) is 31.5 Å². The predicted octanol–water partition coefficient (Wildman–Crippen LogP) is 1.76. The molecule has 0 aromatic heterocycles. The van der Waals surface area contributed by atoms with Crippen LogP contribution >= 0.6 is 24.0 Å². The second kappa shape index (κ2) is 11.2. The number of carbonyl (C=O) groups is 1. The van der Waals surface area contributed by atoms with Crippen LogP contribution in [0, 0.1) is 5.82 Å². The Labute approximate surface area is 148 Å². The lowest BCUT2D eigenvalue weighted by atomic mass is 10.1. The highest BCUT2D eigenvalue weighted by atomic mass is 127. The Morgan fingerprint density at radius 3 is 2.64 bits per heavy atom. The van der Waals surface area contributed by atoms with Gasteiger partial charge in [-0.15, -0.1) is 24.0 Å². The molecule has 7 heteroatoms. The lowest BCUT2D eigenvalue weighted by molar-refractivity contribution is -0.120. The Balaban J connectivity index is 0.00000441. The van der Waals surface area contributed by atoms with Gasteiger partial charge in [0.25, 0.3) is 0 Å². The maximum absolute atomic E-state index is 13.0. The van der Waals surface area contributed by atoms with Crippen LogP contribution < -0.4 is 11.1 Å². The molecular formula is C15H24FIN4O. The Hall–Kier alpha value is -1.38. The Morgan fingerprint density at radius 1 is 1.36 bits per heavy atom. The van der Waals surface area contributed by atoms with E-state index in [1.54, 1.807) is 12.1 Å². The molecule has 5 nitrogen and oxygen atoms in total. The first-order valence-electron chi connectivity index (χ1n) is 7.12. The van der Waals surface area contributed by atoms with Crippen LogP contribution in [0.1, 0.15) is 19.4 Å². The first kappa shape index (κ1) is 20.6. The maximum Gasteiger partial charge on any atom is 0.224 e. The second-order valence-corrected chi connectivity index (χ2v) is 4.57. The van der Waals surface area contributed by atoms with Gasteiger partial charge in [-0.2, -0.15) is 0 Å². The van der Waals surface area contributed by atoms with Crippen molar-refractivity contribution in [3.8, 4) is 0 Å². The van der Waals surface area contributed by atoms with E-state index in [0.29, 0.717) is 24.6 Å². The Kier molecular flexibility index (Phi) is 10.5. The van der Waals surface area contributed by atoms with E-state index in [2.05, 4.69) is 10.3 Å². The van der Waals surface area contributed by atoms with Crippen molar-refractivity contribution >= 4 is 35.8 Å². The Morgan fingerprint density at radius 2 is 2.05 bits per heavy atom. The van der Waals surface area contributed by atoms with E-state index in [0.717, 1.165) is 13.1 Å². The molecule has 1 rings (SSSR count). The quantitative estimate of drug-likeness (QED) is 0.305. The largest absolute Gasteiger partial charge is 0.370 e. The summed E-state index contributed by atoms with van der Waals surface area (Å²) in [4.78, 5) is 17.8.